The molecule has 34 heavy (non-hydrogen) atoms. The molecule has 1 N–H and O–H groups in total. The molecule has 2 amide bonds. The van der Waals surface area contributed by atoms with Gasteiger partial charge in [-0.1, -0.05) is 36.7 Å². The first-order valence-electron chi connectivity index (χ1n) is 10.9. The summed E-state index contributed by atoms with van der Waals surface area (Å²) in [6.07, 6.45) is 1.31. The molecule has 10 heteroatoms. The molecule has 0 saturated heterocycles. The van der Waals surface area contributed by atoms with Gasteiger partial charge in [0.05, 0.1) is 11.9 Å². The Kier molecular flexibility index (Phi) is 9.46. The Morgan fingerprint density at radius 3 is 2.24 bits per heavy atom. The smallest absolute Gasteiger partial charge is 0.244 e. The molecule has 0 fully saturated rings. The average Bonchev–Trinajstić information content (AvgIpc) is 2.74. The second kappa shape index (κ2) is 11.7. The van der Waals surface area contributed by atoms with Crippen molar-refractivity contribution in [1.29, 1.82) is 0 Å². The van der Waals surface area contributed by atoms with Crippen molar-refractivity contribution in [3.05, 3.63) is 64.4 Å². The van der Waals surface area contributed by atoms with E-state index in [2.05, 4.69) is 5.32 Å². The van der Waals surface area contributed by atoms with Crippen LogP contribution in [0.3, 0.4) is 0 Å². The maximum Gasteiger partial charge on any atom is 0.244 e. The molecule has 2 rings (SSSR count). The van der Waals surface area contributed by atoms with Gasteiger partial charge in [-0.2, -0.15) is 0 Å². The fraction of sp³-hybridized carbons (Fsp3) is 0.417. The standard InChI is InChI=1S/C24H31ClFN3O4S/c1-6-22(24(31)27-16(2)3)28(14-18-8-10-19(26)11-9-18)23(30)15-29(34(5,32)33)20-12-7-17(4)21(25)13-20/h7-13,16,22H,6,14-15H2,1-5H3,(H,27,31)/t22-/m1/s1. The van der Waals surface area contributed by atoms with Gasteiger partial charge >= 0.3 is 0 Å². The third-order valence-electron chi connectivity index (χ3n) is 5.21. The highest BCUT2D eigenvalue weighted by molar-refractivity contribution is 7.92. The molecule has 0 bridgehead atoms. The van der Waals surface area contributed by atoms with Crippen LogP contribution in [0.25, 0.3) is 0 Å². The lowest BCUT2D eigenvalue weighted by Gasteiger charge is -2.33. The second-order valence-corrected chi connectivity index (χ2v) is 10.8. The average molecular weight is 512 g/mol. The summed E-state index contributed by atoms with van der Waals surface area (Å²) in [5.74, 6) is -1.35. The number of sulfonamides is 1. The van der Waals surface area contributed by atoms with E-state index < -0.39 is 34.3 Å². The van der Waals surface area contributed by atoms with Gasteiger partial charge in [-0.15, -0.1) is 0 Å². The zero-order chi connectivity index (χ0) is 25.6. The molecule has 0 saturated carbocycles. The highest BCUT2D eigenvalue weighted by Gasteiger charge is 2.32. The van der Waals surface area contributed by atoms with Crippen molar-refractivity contribution in [2.75, 3.05) is 17.1 Å². The number of nitrogens with zero attached hydrogens (tertiary/aromatic N) is 2. The van der Waals surface area contributed by atoms with Crippen molar-refractivity contribution in [1.82, 2.24) is 10.2 Å². The summed E-state index contributed by atoms with van der Waals surface area (Å²) in [7, 11) is -3.85. The van der Waals surface area contributed by atoms with Crippen molar-refractivity contribution in [2.45, 2.75) is 52.7 Å². The van der Waals surface area contributed by atoms with E-state index in [4.69, 9.17) is 11.6 Å². The summed E-state index contributed by atoms with van der Waals surface area (Å²) in [4.78, 5) is 27.7. The first-order valence-corrected chi connectivity index (χ1v) is 13.1. The van der Waals surface area contributed by atoms with E-state index in [1.807, 2.05) is 13.8 Å². The normalized spacial score (nSPS) is 12.4. The second-order valence-electron chi connectivity index (χ2n) is 8.44. The lowest BCUT2D eigenvalue weighted by molar-refractivity contribution is -0.140. The molecule has 0 aliphatic carbocycles. The van der Waals surface area contributed by atoms with Crippen LogP contribution in [0.15, 0.2) is 42.5 Å². The van der Waals surface area contributed by atoms with Crippen LogP contribution < -0.4 is 9.62 Å². The van der Waals surface area contributed by atoms with E-state index in [9.17, 15) is 22.4 Å². The summed E-state index contributed by atoms with van der Waals surface area (Å²) in [6.45, 7) is 6.65. The Labute approximate surface area is 205 Å². The molecule has 0 radical (unpaired) electrons. The van der Waals surface area contributed by atoms with Gasteiger partial charge in [-0.3, -0.25) is 13.9 Å². The summed E-state index contributed by atoms with van der Waals surface area (Å²) in [6, 6.07) is 9.32. The molecule has 0 aliphatic heterocycles. The van der Waals surface area contributed by atoms with Crippen LogP contribution in [0.5, 0.6) is 0 Å². The van der Waals surface area contributed by atoms with Crippen molar-refractivity contribution < 1.29 is 22.4 Å². The van der Waals surface area contributed by atoms with Crippen LogP contribution in [0.2, 0.25) is 5.02 Å². The van der Waals surface area contributed by atoms with Crippen LogP contribution in [-0.4, -0.2) is 50.0 Å². The third kappa shape index (κ3) is 7.43. The molecule has 0 heterocycles. The highest BCUT2D eigenvalue weighted by atomic mass is 35.5. The van der Waals surface area contributed by atoms with E-state index in [1.54, 1.807) is 26.0 Å². The minimum atomic E-state index is -3.85. The topological polar surface area (TPSA) is 86.8 Å². The number of aryl methyl sites for hydroxylation is 1. The zero-order valence-corrected chi connectivity index (χ0v) is 21.6. The number of anilines is 1. The van der Waals surface area contributed by atoms with E-state index in [-0.39, 0.29) is 24.2 Å². The largest absolute Gasteiger partial charge is 0.352 e. The maximum absolute atomic E-state index is 13.5. The molecule has 0 spiro atoms. The minimum absolute atomic E-state index is 0.00932. The van der Waals surface area contributed by atoms with Crippen LogP contribution in [0.4, 0.5) is 10.1 Å². The quantitative estimate of drug-likeness (QED) is 0.524. The Morgan fingerprint density at radius 2 is 1.74 bits per heavy atom. The van der Waals surface area contributed by atoms with Crippen LogP contribution in [0, 0.1) is 12.7 Å². The van der Waals surface area contributed by atoms with Crippen LogP contribution in [0.1, 0.15) is 38.3 Å². The molecular weight excluding hydrogens is 481 g/mol. The first-order chi connectivity index (χ1) is 15.8. The number of hydrogen-bond donors (Lipinski definition) is 1. The van der Waals surface area contributed by atoms with Gasteiger partial charge in [0.15, 0.2) is 0 Å². The Hall–Kier alpha value is -2.65. The SMILES string of the molecule is CC[C@H](C(=O)NC(C)C)N(Cc1ccc(F)cc1)C(=O)CN(c1ccc(C)c(Cl)c1)S(C)(=O)=O. The van der Waals surface area contributed by atoms with Gasteiger partial charge in [0.25, 0.3) is 0 Å². The van der Waals surface area contributed by atoms with E-state index >= 15 is 0 Å². The predicted molar refractivity (Wildman–Crippen MR) is 133 cm³/mol. The molecule has 0 aromatic heterocycles. The van der Waals surface area contributed by atoms with Gasteiger partial charge in [0.2, 0.25) is 21.8 Å². The van der Waals surface area contributed by atoms with Crippen LogP contribution >= 0.6 is 11.6 Å². The third-order valence-corrected chi connectivity index (χ3v) is 6.75. The number of carbonyl (C=O) groups is 2. The van der Waals surface area contributed by atoms with Gasteiger partial charge in [-0.25, -0.2) is 12.8 Å². The fourth-order valence-electron chi connectivity index (χ4n) is 3.44. The summed E-state index contributed by atoms with van der Waals surface area (Å²) in [5, 5.41) is 3.18. The maximum atomic E-state index is 13.5. The Balaban J connectivity index is 2.45. The Bertz CT molecular complexity index is 1120. The predicted octanol–water partition coefficient (Wildman–Crippen LogP) is 3.89. The number of carbonyl (C=O) groups excluding carboxylic acids is 2. The lowest BCUT2D eigenvalue weighted by Crippen LogP contribution is -2.53. The van der Waals surface area contributed by atoms with E-state index in [0.29, 0.717) is 17.0 Å². The lowest BCUT2D eigenvalue weighted by atomic mass is 10.1. The van der Waals surface area contributed by atoms with Gasteiger partial charge < -0.3 is 10.2 Å². The Morgan fingerprint density at radius 1 is 1.12 bits per heavy atom. The molecule has 2 aromatic rings. The van der Waals surface area contributed by atoms with Crippen LogP contribution in [-0.2, 0) is 26.2 Å². The summed E-state index contributed by atoms with van der Waals surface area (Å²) < 4.78 is 39.5. The molecule has 0 unspecified atom stereocenters. The number of amides is 2. The van der Waals surface area contributed by atoms with Crippen molar-refractivity contribution in [3.63, 3.8) is 0 Å². The van der Waals surface area contributed by atoms with Crippen molar-refractivity contribution in [2.24, 2.45) is 0 Å². The number of halogens is 2. The molecule has 7 nitrogen and oxygen atoms in total. The van der Waals surface area contributed by atoms with Gasteiger partial charge in [-0.05, 0) is 62.6 Å². The zero-order valence-electron chi connectivity index (χ0n) is 20.0. The van der Waals surface area contributed by atoms with Gasteiger partial charge in [0.1, 0.15) is 18.4 Å². The van der Waals surface area contributed by atoms with Crippen molar-refractivity contribution in [3.8, 4) is 0 Å². The highest BCUT2D eigenvalue weighted by Crippen LogP contribution is 2.25. The van der Waals surface area contributed by atoms with Gasteiger partial charge in [0, 0.05) is 17.6 Å². The fourth-order valence-corrected chi connectivity index (χ4v) is 4.45. The van der Waals surface area contributed by atoms with E-state index in [0.717, 1.165) is 16.1 Å². The molecule has 0 aliphatic rings. The minimum Gasteiger partial charge on any atom is -0.352 e. The number of nitrogens with one attached hydrogen (secondary N) is 1. The molecule has 2 aromatic carbocycles. The van der Waals surface area contributed by atoms with E-state index in [1.165, 1.54) is 35.2 Å². The molecule has 186 valence electrons. The monoisotopic (exact) mass is 511 g/mol. The molecular formula is C24H31ClFN3O4S. The first kappa shape index (κ1) is 27.6. The number of rotatable bonds is 10. The summed E-state index contributed by atoms with van der Waals surface area (Å²) >= 11 is 6.19. The number of hydrogen-bond acceptors (Lipinski definition) is 4. The van der Waals surface area contributed by atoms with Crippen molar-refractivity contribution >= 4 is 39.1 Å². The summed E-state index contributed by atoms with van der Waals surface area (Å²) in [5.41, 5.74) is 1.61. The number of benzene rings is 2. The molecule has 1 atom stereocenters.